The Morgan fingerprint density at radius 3 is 2.33 bits per heavy atom. The van der Waals surface area contributed by atoms with Crippen molar-refractivity contribution in [2.75, 3.05) is 0 Å². The molecule has 0 radical (unpaired) electrons. The van der Waals surface area contributed by atoms with E-state index in [0.29, 0.717) is 11.4 Å². The molecule has 21 heavy (non-hydrogen) atoms. The molecule has 3 aromatic rings. The second-order valence-electron chi connectivity index (χ2n) is 4.67. The molecule has 1 aromatic heterocycles. The van der Waals surface area contributed by atoms with Crippen LogP contribution in [0.4, 0.5) is 0 Å². The molecule has 4 rings (SSSR count). The quantitative estimate of drug-likeness (QED) is 0.491. The van der Waals surface area contributed by atoms with Crippen molar-refractivity contribution in [2.24, 2.45) is 0 Å². The van der Waals surface area contributed by atoms with Gasteiger partial charge in [0.2, 0.25) is 0 Å². The van der Waals surface area contributed by atoms with Gasteiger partial charge in [-0.1, -0.05) is 40.2 Å². The number of nitriles is 2. The smallest absolute Gasteiger partial charge is 0.177 e. The van der Waals surface area contributed by atoms with Gasteiger partial charge in [-0.15, -0.1) is 0 Å². The van der Waals surface area contributed by atoms with Crippen molar-refractivity contribution in [3.8, 4) is 34.7 Å². The molecule has 0 N–H and O–H groups in total. The van der Waals surface area contributed by atoms with Gasteiger partial charge in [0.1, 0.15) is 17.8 Å². The van der Waals surface area contributed by atoms with Crippen LogP contribution >= 0.6 is 15.9 Å². The molecule has 5 heteroatoms. The van der Waals surface area contributed by atoms with Crippen molar-refractivity contribution in [3.63, 3.8) is 0 Å². The fourth-order valence-corrected chi connectivity index (χ4v) is 3.25. The number of rotatable bonds is 0. The lowest BCUT2D eigenvalue weighted by Crippen LogP contribution is -1.97. The Morgan fingerprint density at radius 2 is 1.62 bits per heavy atom. The molecule has 0 amide bonds. The van der Waals surface area contributed by atoms with Gasteiger partial charge >= 0.3 is 0 Å². The van der Waals surface area contributed by atoms with Gasteiger partial charge in [0.25, 0.3) is 0 Å². The summed E-state index contributed by atoms with van der Waals surface area (Å²) < 4.78 is 0.907. The van der Waals surface area contributed by atoms with E-state index in [1.807, 2.05) is 42.5 Å². The molecule has 0 unspecified atom stereocenters. The van der Waals surface area contributed by atoms with Crippen LogP contribution in [-0.2, 0) is 0 Å². The molecule has 0 saturated carbocycles. The first-order chi connectivity index (χ1) is 10.2. The van der Waals surface area contributed by atoms with Crippen molar-refractivity contribution in [2.45, 2.75) is 0 Å². The molecule has 0 aliphatic heterocycles. The molecular formula is C16H5BrN4. The number of hydrogen-bond acceptors (Lipinski definition) is 4. The third kappa shape index (κ3) is 1.47. The van der Waals surface area contributed by atoms with Crippen LogP contribution in [0.15, 0.2) is 34.8 Å². The fraction of sp³-hybridized carbons (Fsp3) is 0. The van der Waals surface area contributed by atoms with Gasteiger partial charge in [-0.05, 0) is 11.5 Å². The van der Waals surface area contributed by atoms with Crippen molar-refractivity contribution in [1.29, 1.82) is 10.5 Å². The Bertz CT molecular complexity index is 1030. The second kappa shape index (κ2) is 4.12. The molecule has 1 aliphatic rings. The maximum Gasteiger partial charge on any atom is 0.177 e. The molecule has 96 valence electrons. The van der Waals surface area contributed by atoms with Crippen molar-refractivity contribution >= 4 is 26.7 Å². The molecule has 0 atom stereocenters. The zero-order valence-corrected chi connectivity index (χ0v) is 12.1. The second-order valence-corrected chi connectivity index (χ2v) is 5.52. The number of fused-ring (bicyclic) bond motifs is 3. The van der Waals surface area contributed by atoms with Gasteiger partial charge < -0.3 is 0 Å². The maximum atomic E-state index is 9.15. The van der Waals surface area contributed by atoms with E-state index < -0.39 is 0 Å². The highest BCUT2D eigenvalue weighted by atomic mass is 79.9. The summed E-state index contributed by atoms with van der Waals surface area (Å²) in [5, 5.41) is 20.4. The molecule has 0 saturated heterocycles. The lowest BCUT2D eigenvalue weighted by Gasteiger charge is -2.04. The first-order valence-corrected chi connectivity index (χ1v) is 6.98. The van der Waals surface area contributed by atoms with Gasteiger partial charge in [-0.3, -0.25) is 0 Å². The third-order valence-electron chi connectivity index (χ3n) is 3.59. The van der Waals surface area contributed by atoms with Gasteiger partial charge in [-0.2, -0.15) is 10.5 Å². The van der Waals surface area contributed by atoms with E-state index in [1.165, 1.54) is 0 Å². The average molecular weight is 333 g/mol. The van der Waals surface area contributed by atoms with E-state index in [0.717, 1.165) is 26.4 Å². The van der Waals surface area contributed by atoms with Crippen LogP contribution in [-0.4, -0.2) is 9.97 Å². The van der Waals surface area contributed by atoms with Crippen molar-refractivity contribution in [1.82, 2.24) is 9.97 Å². The number of benzene rings is 2. The minimum atomic E-state index is 0.0629. The normalized spacial score (nSPS) is 11.0. The van der Waals surface area contributed by atoms with Gasteiger partial charge in [-0.25, -0.2) is 9.97 Å². The SMILES string of the molecule is N#Cc1nc2c(nc1C#N)-c1c(Br)ccc3cccc-2c13. The summed E-state index contributed by atoms with van der Waals surface area (Å²) in [6.07, 6.45) is 0. The standard InChI is InChI=1S/C16H5BrN4/c17-10-5-4-8-2-1-3-9-13(8)14(10)16-15(9)20-11(6-18)12(7-19)21-16/h1-5H. The lowest BCUT2D eigenvalue weighted by atomic mass is 10.0. The summed E-state index contributed by atoms with van der Waals surface area (Å²) in [7, 11) is 0. The Morgan fingerprint density at radius 1 is 0.905 bits per heavy atom. The summed E-state index contributed by atoms with van der Waals surface area (Å²) in [6, 6.07) is 13.8. The Hall–Kier alpha value is -2.76. The molecular weight excluding hydrogens is 328 g/mol. The zero-order valence-electron chi connectivity index (χ0n) is 10.6. The van der Waals surface area contributed by atoms with Crippen LogP contribution in [0.2, 0.25) is 0 Å². The fourth-order valence-electron chi connectivity index (χ4n) is 2.74. The lowest BCUT2D eigenvalue weighted by molar-refractivity contribution is 1.15. The number of hydrogen-bond donors (Lipinski definition) is 0. The van der Waals surface area contributed by atoms with Crippen molar-refractivity contribution < 1.29 is 0 Å². The molecule has 2 aromatic carbocycles. The van der Waals surface area contributed by atoms with Gasteiger partial charge in [0.15, 0.2) is 11.4 Å². The predicted molar refractivity (Wildman–Crippen MR) is 81.1 cm³/mol. The van der Waals surface area contributed by atoms with Crippen LogP contribution in [0.1, 0.15) is 11.4 Å². The minimum absolute atomic E-state index is 0.0629. The molecule has 1 aliphatic carbocycles. The van der Waals surface area contributed by atoms with Crippen LogP contribution in [0, 0.1) is 22.7 Å². The Labute approximate surface area is 128 Å². The molecule has 0 spiro atoms. The molecule has 4 nitrogen and oxygen atoms in total. The zero-order chi connectivity index (χ0) is 14.6. The van der Waals surface area contributed by atoms with Crippen molar-refractivity contribution in [3.05, 3.63) is 46.2 Å². The number of aromatic nitrogens is 2. The predicted octanol–water partition coefficient (Wildman–Crippen LogP) is 3.78. The topological polar surface area (TPSA) is 73.4 Å². The van der Waals surface area contributed by atoms with Crippen LogP contribution in [0.5, 0.6) is 0 Å². The highest BCUT2D eigenvalue weighted by Crippen LogP contribution is 2.48. The monoisotopic (exact) mass is 332 g/mol. The first kappa shape index (κ1) is 12.0. The molecule has 1 heterocycles. The number of halogens is 1. The van der Waals surface area contributed by atoms with E-state index in [2.05, 4.69) is 25.9 Å². The first-order valence-electron chi connectivity index (χ1n) is 6.19. The van der Waals surface area contributed by atoms with Gasteiger partial charge in [0.05, 0.1) is 5.69 Å². The Kier molecular flexibility index (Phi) is 2.35. The van der Waals surface area contributed by atoms with E-state index in [1.54, 1.807) is 0 Å². The third-order valence-corrected chi connectivity index (χ3v) is 4.26. The highest BCUT2D eigenvalue weighted by Gasteiger charge is 2.27. The van der Waals surface area contributed by atoms with E-state index >= 15 is 0 Å². The minimum Gasteiger partial charge on any atom is -0.232 e. The molecule has 0 fully saturated rings. The summed E-state index contributed by atoms with van der Waals surface area (Å²) >= 11 is 3.55. The largest absolute Gasteiger partial charge is 0.232 e. The summed E-state index contributed by atoms with van der Waals surface area (Å²) in [5.74, 6) is 0. The average Bonchev–Trinajstić information content (AvgIpc) is 2.85. The summed E-state index contributed by atoms with van der Waals surface area (Å²) in [6.45, 7) is 0. The summed E-state index contributed by atoms with van der Waals surface area (Å²) in [5.41, 5.74) is 3.34. The summed E-state index contributed by atoms with van der Waals surface area (Å²) in [4.78, 5) is 8.72. The Balaban J connectivity index is 2.23. The highest BCUT2D eigenvalue weighted by molar-refractivity contribution is 9.10. The van der Waals surface area contributed by atoms with E-state index in [4.69, 9.17) is 10.5 Å². The van der Waals surface area contributed by atoms with E-state index in [-0.39, 0.29) is 11.4 Å². The van der Waals surface area contributed by atoms with E-state index in [9.17, 15) is 0 Å². The van der Waals surface area contributed by atoms with Crippen LogP contribution < -0.4 is 0 Å². The van der Waals surface area contributed by atoms with Crippen LogP contribution in [0.25, 0.3) is 33.3 Å². The van der Waals surface area contributed by atoms with Crippen LogP contribution in [0.3, 0.4) is 0 Å². The maximum absolute atomic E-state index is 9.15. The molecule has 0 bridgehead atoms. The van der Waals surface area contributed by atoms with Gasteiger partial charge in [0, 0.05) is 21.0 Å². The number of nitrogens with zero attached hydrogens (tertiary/aromatic N) is 4.